The molecule has 0 spiro atoms. The third-order valence-electron chi connectivity index (χ3n) is 4.12. The van der Waals surface area contributed by atoms with E-state index in [-0.39, 0.29) is 25.7 Å². The number of halogens is 2. The van der Waals surface area contributed by atoms with Crippen molar-refractivity contribution >= 4 is 11.8 Å². The Bertz CT molecular complexity index is 257. The number of thioether (sulfide) groups is 1. The Morgan fingerprint density at radius 2 is 1.44 bits per heavy atom. The molecule has 1 saturated carbocycles. The Morgan fingerprint density at radius 1 is 0.938 bits per heavy atom. The highest BCUT2D eigenvalue weighted by Crippen LogP contribution is 2.46. The maximum atomic E-state index is 13.1. The van der Waals surface area contributed by atoms with Gasteiger partial charge in [-0.25, -0.2) is 8.78 Å². The van der Waals surface area contributed by atoms with Crippen molar-refractivity contribution in [2.24, 2.45) is 5.73 Å². The minimum Gasteiger partial charge on any atom is -0.388 e. The van der Waals surface area contributed by atoms with Crippen molar-refractivity contribution < 1.29 is 13.9 Å². The van der Waals surface area contributed by atoms with Gasteiger partial charge in [0.05, 0.1) is 5.60 Å². The van der Waals surface area contributed by atoms with Crippen molar-refractivity contribution in [1.82, 2.24) is 0 Å². The van der Waals surface area contributed by atoms with E-state index in [1.165, 1.54) is 0 Å². The van der Waals surface area contributed by atoms with Crippen molar-refractivity contribution in [2.75, 3.05) is 11.5 Å². The van der Waals surface area contributed by atoms with E-state index >= 15 is 0 Å². The molecule has 0 radical (unpaired) electrons. The summed E-state index contributed by atoms with van der Waals surface area (Å²) in [5.41, 5.74) is 4.53. The van der Waals surface area contributed by atoms with Crippen molar-refractivity contribution in [3.63, 3.8) is 0 Å². The molecule has 0 aromatic heterocycles. The van der Waals surface area contributed by atoms with Crippen LogP contribution in [0.5, 0.6) is 0 Å². The summed E-state index contributed by atoms with van der Waals surface area (Å²) >= 11 is 1.82. The first kappa shape index (κ1) is 12.6. The van der Waals surface area contributed by atoms with Crippen LogP contribution in [0, 0.1) is 0 Å². The summed E-state index contributed by atoms with van der Waals surface area (Å²) in [6.07, 6.45) is 1.30. The minimum atomic E-state index is -2.61. The molecule has 1 aliphatic carbocycles. The molecule has 2 rings (SSSR count). The molecular weight excluding hydrogens is 232 g/mol. The smallest absolute Gasteiger partial charge is 0.248 e. The van der Waals surface area contributed by atoms with Gasteiger partial charge in [-0.2, -0.15) is 11.8 Å². The lowest BCUT2D eigenvalue weighted by Gasteiger charge is -2.50. The summed E-state index contributed by atoms with van der Waals surface area (Å²) in [6, 6.07) is 0. The van der Waals surface area contributed by atoms with Crippen LogP contribution in [0.15, 0.2) is 0 Å². The van der Waals surface area contributed by atoms with Gasteiger partial charge in [-0.15, -0.1) is 0 Å². The van der Waals surface area contributed by atoms with Crippen LogP contribution in [0.2, 0.25) is 0 Å². The summed E-state index contributed by atoms with van der Waals surface area (Å²) in [7, 11) is 0. The third-order valence-corrected chi connectivity index (χ3v) is 5.11. The van der Waals surface area contributed by atoms with Gasteiger partial charge in [-0.3, -0.25) is 0 Å². The van der Waals surface area contributed by atoms with E-state index in [1.807, 2.05) is 11.8 Å². The average Bonchev–Trinajstić information content (AvgIpc) is 2.24. The van der Waals surface area contributed by atoms with Gasteiger partial charge in [-0.05, 0) is 37.2 Å². The van der Waals surface area contributed by atoms with Crippen molar-refractivity contribution in [3.05, 3.63) is 0 Å². The van der Waals surface area contributed by atoms with Crippen molar-refractivity contribution in [3.8, 4) is 0 Å². The molecule has 2 nitrogen and oxygen atoms in total. The predicted octanol–water partition coefficient (Wildman–Crippen LogP) is 2.15. The normalized spacial score (nSPS) is 32.2. The average molecular weight is 251 g/mol. The van der Waals surface area contributed by atoms with E-state index < -0.39 is 17.1 Å². The topological polar surface area (TPSA) is 46.2 Å². The number of alkyl halides is 2. The monoisotopic (exact) mass is 251 g/mol. The Balaban J connectivity index is 2.07. The van der Waals surface area contributed by atoms with E-state index in [2.05, 4.69) is 0 Å². The number of hydrogen-bond donors (Lipinski definition) is 2. The molecule has 2 aliphatic rings. The van der Waals surface area contributed by atoms with E-state index in [9.17, 15) is 13.9 Å². The fourth-order valence-electron chi connectivity index (χ4n) is 2.73. The molecule has 0 atom stereocenters. The van der Waals surface area contributed by atoms with Gasteiger partial charge in [-0.1, -0.05) is 0 Å². The van der Waals surface area contributed by atoms with Crippen LogP contribution < -0.4 is 5.73 Å². The number of rotatable bonds is 1. The lowest BCUT2D eigenvalue weighted by molar-refractivity contribution is -0.135. The van der Waals surface area contributed by atoms with Gasteiger partial charge in [0.1, 0.15) is 0 Å². The highest BCUT2D eigenvalue weighted by Gasteiger charge is 2.52. The lowest BCUT2D eigenvalue weighted by Crippen LogP contribution is -2.64. The molecule has 5 heteroatoms. The van der Waals surface area contributed by atoms with Crippen LogP contribution in [0.1, 0.15) is 38.5 Å². The summed E-state index contributed by atoms with van der Waals surface area (Å²) in [5, 5.41) is 10.5. The van der Waals surface area contributed by atoms with E-state index in [0.717, 1.165) is 24.3 Å². The van der Waals surface area contributed by atoms with Crippen LogP contribution >= 0.6 is 11.8 Å². The van der Waals surface area contributed by atoms with Crippen LogP contribution in [-0.2, 0) is 0 Å². The van der Waals surface area contributed by atoms with Crippen molar-refractivity contribution in [2.45, 2.75) is 55.6 Å². The first-order chi connectivity index (χ1) is 7.37. The molecule has 0 aromatic carbocycles. The highest BCUT2D eigenvalue weighted by molar-refractivity contribution is 7.99. The number of hydrogen-bond acceptors (Lipinski definition) is 3. The van der Waals surface area contributed by atoms with Gasteiger partial charge < -0.3 is 10.8 Å². The second-order valence-electron chi connectivity index (χ2n) is 5.16. The maximum absolute atomic E-state index is 13.1. The Morgan fingerprint density at radius 3 is 1.94 bits per heavy atom. The molecular formula is C11H19F2NOS. The highest BCUT2D eigenvalue weighted by atomic mass is 32.2. The fraction of sp³-hybridized carbons (Fsp3) is 1.00. The Labute approximate surface area is 99.0 Å². The second kappa shape index (κ2) is 4.10. The molecule has 1 aliphatic heterocycles. The van der Waals surface area contributed by atoms with E-state index in [4.69, 9.17) is 5.73 Å². The summed E-state index contributed by atoms with van der Waals surface area (Å²) in [4.78, 5) is 0. The third kappa shape index (κ3) is 2.22. The Hall–Kier alpha value is 0.130. The quantitative estimate of drug-likeness (QED) is 0.750. The summed E-state index contributed by atoms with van der Waals surface area (Å²) in [6.45, 7) is 0. The standard InChI is InChI=1S/C11H19F2NOS/c12-11(13)3-1-10(15,2-4-11)9(14)5-7-16-8-6-9/h15H,1-8,14H2. The van der Waals surface area contributed by atoms with Crippen LogP contribution in [0.4, 0.5) is 8.78 Å². The summed E-state index contributed by atoms with van der Waals surface area (Å²) in [5.74, 6) is -0.754. The molecule has 0 amide bonds. The zero-order valence-corrected chi connectivity index (χ0v) is 10.2. The molecule has 3 N–H and O–H groups in total. The van der Waals surface area contributed by atoms with Gasteiger partial charge in [0.2, 0.25) is 5.92 Å². The van der Waals surface area contributed by atoms with Gasteiger partial charge in [0, 0.05) is 18.4 Å². The first-order valence-corrected chi connectivity index (χ1v) is 6.99. The largest absolute Gasteiger partial charge is 0.388 e. The second-order valence-corrected chi connectivity index (χ2v) is 6.38. The molecule has 0 bridgehead atoms. The molecule has 0 unspecified atom stereocenters. The predicted molar refractivity (Wildman–Crippen MR) is 61.8 cm³/mol. The summed E-state index contributed by atoms with van der Waals surface area (Å²) < 4.78 is 26.2. The fourth-order valence-corrected chi connectivity index (χ4v) is 3.95. The van der Waals surface area contributed by atoms with Gasteiger partial charge in [0.15, 0.2) is 0 Å². The molecule has 0 aromatic rings. The molecule has 94 valence electrons. The minimum absolute atomic E-state index is 0.140. The van der Waals surface area contributed by atoms with Crippen LogP contribution in [-0.4, -0.2) is 33.7 Å². The van der Waals surface area contributed by atoms with Gasteiger partial charge >= 0.3 is 0 Å². The van der Waals surface area contributed by atoms with Crippen LogP contribution in [0.25, 0.3) is 0 Å². The van der Waals surface area contributed by atoms with Crippen molar-refractivity contribution in [1.29, 1.82) is 0 Å². The SMILES string of the molecule is NC1(C2(O)CCC(F)(F)CC2)CCSCC1. The lowest BCUT2D eigenvalue weighted by atomic mass is 9.67. The van der Waals surface area contributed by atoms with Gasteiger partial charge in [0.25, 0.3) is 0 Å². The maximum Gasteiger partial charge on any atom is 0.248 e. The molecule has 2 fully saturated rings. The zero-order valence-electron chi connectivity index (χ0n) is 9.35. The Kier molecular flexibility index (Phi) is 3.23. The molecule has 16 heavy (non-hydrogen) atoms. The molecule has 1 heterocycles. The zero-order chi connectivity index (χ0) is 11.9. The van der Waals surface area contributed by atoms with Crippen LogP contribution in [0.3, 0.4) is 0 Å². The number of aliphatic hydroxyl groups is 1. The number of nitrogens with two attached hydrogens (primary N) is 1. The first-order valence-electron chi connectivity index (χ1n) is 5.84. The van der Waals surface area contributed by atoms with E-state index in [0.29, 0.717) is 0 Å². The molecule has 1 saturated heterocycles. The van der Waals surface area contributed by atoms with E-state index in [1.54, 1.807) is 0 Å².